The van der Waals surface area contributed by atoms with Gasteiger partial charge in [-0.15, -0.1) is 0 Å². The lowest BCUT2D eigenvalue weighted by Gasteiger charge is -2.13. The molecule has 1 heterocycles. The molecule has 6 heteroatoms. The zero-order valence-electron chi connectivity index (χ0n) is 13.8. The Morgan fingerprint density at radius 2 is 1.64 bits per heavy atom. The van der Waals surface area contributed by atoms with Crippen molar-refractivity contribution in [3.63, 3.8) is 0 Å². The largest absolute Gasteiger partial charge is 0.326 e. The van der Waals surface area contributed by atoms with E-state index in [4.69, 9.17) is 0 Å². The molecule has 3 rings (SSSR count). The summed E-state index contributed by atoms with van der Waals surface area (Å²) < 4.78 is 0. The molecule has 0 radical (unpaired) electrons. The second kappa shape index (κ2) is 6.60. The summed E-state index contributed by atoms with van der Waals surface area (Å²) in [6, 6.07) is 13.6. The zero-order valence-corrected chi connectivity index (χ0v) is 13.8. The molecule has 25 heavy (non-hydrogen) atoms. The Labute approximate surface area is 143 Å². The van der Waals surface area contributed by atoms with Crippen molar-refractivity contribution in [2.45, 2.75) is 13.8 Å². The molecule has 2 amide bonds. The molecule has 0 spiro atoms. The smallest absolute Gasteiger partial charge is 0.256 e. The molecule has 126 valence electrons. The van der Waals surface area contributed by atoms with Crippen molar-refractivity contribution in [3.8, 4) is 0 Å². The molecule has 0 saturated carbocycles. The van der Waals surface area contributed by atoms with Gasteiger partial charge >= 0.3 is 0 Å². The van der Waals surface area contributed by atoms with Crippen LogP contribution in [0.2, 0.25) is 0 Å². The lowest BCUT2D eigenvalue weighted by atomic mass is 10.1. The summed E-state index contributed by atoms with van der Waals surface area (Å²) >= 11 is 0. The molecule has 0 saturated heterocycles. The maximum absolute atomic E-state index is 12.7. The molecule has 3 aromatic rings. The summed E-state index contributed by atoms with van der Waals surface area (Å²) in [6.07, 6.45) is 0. The van der Waals surface area contributed by atoms with Gasteiger partial charge in [-0.1, -0.05) is 24.3 Å². The van der Waals surface area contributed by atoms with E-state index in [0.29, 0.717) is 27.8 Å². The van der Waals surface area contributed by atoms with Crippen LogP contribution in [-0.2, 0) is 4.79 Å². The average Bonchev–Trinajstić information content (AvgIpc) is 2.57. The van der Waals surface area contributed by atoms with E-state index in [1.54, 1.807) is 49.4 Å². The summed E-state index contributed by atoms with van der Waals surface area (Å²) in [5.74, 6) is -0.572. The molecule has 0 fully saturated rings. The molecule has 0 aliphatic rings. The predicted octanol–water partition coefficient (Wildman–Crippen LogP) is 3.05. The fourth-order valence-electron chi connectivity index (χ4n) is 2.68. The third-order valence-corrected chi connectivity index (χ3v) is 3.89. The lowest BCUT2D eigenvalue weighted by Crippen LogP contribution is -2.18. The van der Waals surface area contributed by atoms with Crippen molar-refractivity contribution in [3.05, 3.63) is 70.0 Å². The monoisotopic (exact) mass is 335 g/mol. The molecule has 2 aromatic carbocycles. The number of amides is 2. The zero-order chi connectivity index (χ0) is 18.0. The number of aromatic nitrogens is 1. The van der Waals surface area contributed by atoms with E-state index in [-0.39, 0.29) is 17.4 Å². The quantitative estimate of drug-likeness (QED) is 0.687. The number of hydrogen-bond donors (Lipinski definition) is 3. The number of para-hydroxylation sites is 1. The van der Waals surface area contributed by atoms with Crippen molar-refractivity contribution >= 4 is 34.1 Å². The number of H-pyrrole nitrogens is 1. The summed E-state index contributed by atoms with van der Waals surface area (Å²) in [7, 11) is 0. The highest BCUT2D eigenvalue weighted by Gasteiger charge is 2.14. The summed E-state index contributed by atoms with van der Waals surface area (Å²) in [6.45, 7) is 3.23. The molecule has 6 nitrogen and oxygen atoms in total. The number of rotatable bonds is 3. The van der Waals surface area contributed by atoms with Gasteiger partial charge in [-0.05, 0) is 30.7 Å². The minimum Gasteiger partial charge on any atom is -0.326 e. The van der Waals surface area contributed by atoms with Gasteiger partial charge in [-0.3, -0.25) is 14.4 Å². The Kier molecular flexibility index (Phi) is 4.35. The number of nitrogens with one attached hydrogen (secondary N) is 3. The first-order valence-electron chi connectivity index (χ1n) is 7.76. The van der Waals surface area contributed by atoms with E-state index < -0.39 is 0 Å². The van der Waals surface area contributed by atoms with Gasteiger partial charge in [0.25, 0.3) is 5.91 Å². The highest BCUT2D eigenvalue weighted by Crippen LogP contribution is 2.24. The molecule has 0 bridgehead atoms. The van der Waals surface area contributed by atoms with Crippen LogP contribution >= 0.6 is 0 Å². The molecule has 1 aromatic heterocycles. The van der Waals surface area contributed by atoms with Gasteiger partial charge in [0.1, 0.15) is 0 Å². The Balaban J connectivity index is 1.99. The molecule has 0 aliphatic carbocycles. The van der Waals surface area contributed by atoms with Crippen LogP contribution in [0, 0.1) is 6.92 Å². The number of carbonyl (C=O) groups excluding carboxylic acids is 2. The number of anilines is 2. The number of benzene rings is 2. The third-order valence-electron chi connectivity index (χ3n) is 3.89. The van der Waals surface area contributed by atoms with E-state index in [9.17, 15) is 14.4 Å². The van der Waals surface area contributed by atoms with Crippen molar-refractivity contribution in [1.29, 1.82) is 0 Å². The number of fused-ring (bicyclic) bond motifs is 1. The maximum Gasteiger partial charge on any atom is 0.256 e. The second-order valence-corrected chi connectivity index (χ2v) is 5.71. The first-order chi connectivity index (χ1) is 12.0. The van der Waals surface area contributed by atoms with Crippen LogP contribution < -0.4 is 16.2 Å². The van der Waals surface area contributed by atoms with Gasteiger partial charge in [-0.25, -0.2) is 0 Å². The minimum atomic E-state index is -0.384. The summed E-state index contributed by atoms with van der Waals surface area (Å²) in [5, 5.41) is 6.20. The molecular formula is C19H17N3O3. The molecular weight excluding hydrogens is 318 g/mol. The fraction of sp³-hybridized carbons (Fsp3) is 0.105. The molecule has 0 atom stereocenters. The normalized spacial score (nSPS) is 10.5. The second-order valence-electron chi connectivity index (χ2n) is 5.71. The number of aromatic amines is 1. The van der Waals surface area contributed by atoms with Crippen LogP contribution in [0.25, 0.3) is 10.9 Å². The van der Waals surface area contributed by atoms with Gasteiger partial charge < -0.3 is 15.6 Å². The van der Waals surface area contributed by atoms with Crippen LogP contribution in [0.5, 0.6) is 0 Å². The third kappa shape index (κ3) is 3.42. The van der Waals surface area contributed by atoms with Gasteiger partial charge in [0.15, 0.2) is 0 Å². The van der Waals surface area contributed by atoms with Gasteiger partial charge in [0.05, 0.1) is 5.56 Å². The summed E-state index contributed by atoms with van der Waals surface area (Å²) in [5.41, 5.74) is 2.49. The Morgan fingerprint density at radius 1 is 0.960 bits per heavy atom. The number of carbonyl (C=O) groups is 2. The predicted molar refractivity (Wildman–Crippen MR) is 98.0 cm³/mol. The number of hydrogen-bond acceptors (Lipinski definition) is 3. The van der Waals surface area contributed by atoms with Crippen LogP contribution in [-0.4, -0.2) is 16.8 Å². The van der Waals surface area contributed by atoms with E-state index in [1.807, 2.05) is 0 Å². The summed E-state index contributed by atoms with van der Waals surface area (Å²) in [4.78, 5) is 38.5. The first-order valence-corrected chi connectivity index (χ1v) is 7.76. The van der Waals surface area contributed by atoms with Crippen LogP contribution in [0.4, 0.5) is 11.4 Å². The standard InChI is InChI=1S/C19H17N3O3/c1-11-15(20-12(2)23)8-5-9-16(11)22-19(25)14-10-18(24)21-17-7-4-3-6-13(14)17/h3-10H,1-2H3,(H,20,23)(H,21,24)(H,22,25). The van der Waals surface area contributed by atoms with Crippen molar-refractivity contribution in [2.24, 2.45) is 0 Å². The van der Waals surface area contributed by atoms with Crippen LogP contribution in [0.1, 0.15) is 22.8 Å². The SMILES string of the molecule is CC(=O)Nc1cccc(NC(=O)c2cc(=O)[nH]c3ccccc23)c1C. The van der Waals surface area contributed by atoms with Crippen molar-refractivity contribution in [2.75, 3.05) is 10.6 Å². The topological polar surface area (TPSA) is 91.1 Å². The van der Waals surface area contributed by atoms with E-state index in [0.717, 1.165) is 5.56 Å². The maximum atomic E-state index is 12.7. The highest BCUT2D eigenvalue weighted by atomic mass is 16.2. The Bertz CT molecular complexity index is 1040. The Morgan fingerprint density at radius 3 is 2.36 bits per heavy atom. The first kappa shape index (κ1) is 16.4. The fourth-order valence-corrected chi connectivity index (χ4v) is 2.68. The van der Waals surface area contributed by atoms with Gasteiger partial charge in [0, 0.05) is 35.3 Å². The minimum absolute atomic E-state index is 0.188. The van der Waals surface area contributed by atoms with E-state index in [2.05, 4.69) is 15.6 Å². The van der Waals surface area contributed by atoms with Gasteiger partial charge in [-0.2, -0.15) is 0 Å². The molecule has 3 N–H and O–H groups in total. The van der Waals surface area contributed by atoms with Crippen LogP contribution in [0.15, 0.2) is 53.3 Å². The van der Waals surface area contributed by atoms with Crippen molar-refractivity contribution < 1.29 is 9.59 Å². The Hall–Kier alpha value is -3.41. The molecule has 0 aliphatic heterocycles. The lowest BCUT2D eigenvalue weighted by molar-refractivity contribution is -0.114. The van der Waals surface area contributed by atoms with Crippen LogP contribution in [0.3, 0.4) is 0 Å². The van der Waals surface area contributed by atoms with Crippen molar-refractivity contribution in [1.82, 2.24) is 4.98 Å². The van der Waals surface area contributed by atoms with E-state index in [1.165, 1.54) is 13.0 Å². The van der Waals surface area contributed by atoms with Gasteiger partial charge in [0.2, 0.25) is 11.5 Å². The average molecular weight is 335 g/mol. The number of pyridine rings is 1. The van der Waals surface area contributed by atoms with E-state index >= 15 is 0 Å². The highest BCUT2D eigenvalue weighted by molar-refractivity contribution is 6.12. The molecule has 0 unspecified atom stereocenters.